The molecule has 25 heavy (non-hydrogen) atoms. The van der Waals surface area contributed by atoms with E-state index in [0.717, 1.165) is 33.3 Å². The van der Waals surface area contributed by atoms with Gasteiger partial charge >= 0.3 is 0 Å². The summed E-state index contributed by atoms with van der Waals surface area (Å²) in [4.78, 5) is 9.49. The Balaban J connectivity index is 2.00. The second-order valence-corrected chi connectivity index (χ2v) is 7.72. The van der Waals surface area contributed by atoms with Gasteiger partial charge in [-0.1, -0.05) is 44.2 Å². The third kappa shape index (κ3) is 2.30. The van der Waals surface area contributed by atoms with Crippen molar-refractivity contribution in [2.24, 2.45) is 4.99 Å². The van der Waals surface area contributed by atoms with Crippen LogP contribution in [0, 0.1) is 5.82 Å². The lowest BCUT2D eigenvalue weighted by Crippen LogP contribution is -2.46. The fraction of sp³-hybridized carbons (Fsp3) is 0.273. The number of aliphatic imine (C=N–C) groups is 1. The van der Waals surface area contributed by atoms with Crippen LogP contribution in [0.15, 0.2) is 59.7 Å². The number of pyridine rings is 1. The maximum Gasteiger partial charge on any atom is 0.127 e. The zero-order valence-electron chi connectivity index (χ0n) is 15.0. The molecule has 126 valence electrons. The van der Waals surface area contributed by atoms with E-state index in [2.05, 4.69) is 32.7 Å². The molecule has 2 heterocycles. The molecule has 3 heteroatoms. The van der Waals surface area contributed by atoms with Gasteiger partial charge in [0.2, 0.25) is 0 Å². The summed E-state index contributed by atoms with van der Waals surface area (Å²) in [6.45, 7) is 8.28. The van der Waals surface area contributed by atoms with Gasteiger partial charge in [-0.15, -0.1) is 0 Å². The van der Waals surface area contributed by atoms with Gasteiger partial charge in [-0.25, -0.2) is 4.39 Å². The average Bonchev–Trinajstić information content (AvgIpc) is 2.58. The largest absolute Gasteiger partial charge is 0.277 e. The van der Waals surface area contributed by atoms with Gasteiger partial charge in [0.25, 0.3) is 0 Å². The molecule has 0 bridgehead atoms. The van der Waals surface area contributed by atoms with E-state index in [9.17, 15) is 4.39 Å². The molecule has 4 rings (SSSR count). The fourth-order valence-corrected chi connectivity index (χ4v) is 3.58. The molecule has 0 amide bonds. The number of fused-ring (bicyclic) bond motifs is 2. The number of hydrogen-bond donors (Lipinski definition) is 0. The third-order valence-electron chi connectivity index (χ3n) is 5.69. The normalized spacial score (nSPS) is 17.9. The molecule has 2 nitrogen and oxygen atoms in total. The predicted octanol–water partition coefficient (Wildman–Crippen LogP) is 5.28. The van der Waals surface area contributed by atoms with Crippen LogP contribution < -0.4 is 0 Å². The highest BCUT2D eigenvalue weighted by Gasteiger charge is 2.45. The standard InChI is InChI=1S/C22H21FN2/c1-21(2)19-16(8-5-9-17(19)23)20(25-22(21,3)4)15-11-10-14-7-6-12-24-18(14)13-15/h5-13H,1-4H3. The molecule has 0 unspecified atom stereocenters. The first-order chi connectivity index (χ1) is 11.8. The maximum atomic E-state index is 14.8. The Hall–Kier alpha value is -2.55. The van der Waals surface area contributed by atoms with Crippen LogP contribution >= 0.6 is 0 Å². The van der Waals surface area contributed by atoms with Crippen LogP contribution in [0.4, 0.5) is 4.39 Å². The van der Waals surface area contributed by atoms with Crippen molar-refractivity contribution in [3.63, 3.8) is 0 Å². The molecule has 0 aliphatic carbocycles. The minimum absolute atomic E-state index is 0.165. The van der Waals surface area contributed by atoms with Gasteiger partial charge < -0.3 is 0 Å². The van der Waals surface area contributed by atoms with Gasteiger partial charge in [0, 0.05) is 33.7 Å². The Morgan fingerprint density at radius 3 is 2.52 bits per heavy atom. The Morgan fingerprint density at radius 2 is 1.72 bits per heavy atom. The summed E-state index contributed by atoms with van der Waals surface area (Å²) in [6, 6.07) is 15.4. The van der Waals surface area contributed by atoms with Crippen LogP contribution in [0.3, 0.4) is 0 Å². The number of nitrogens with zero attached hydrogens (tertiary/aromatic N) is 2. The summed E-state index contributed by atoms with van der Waals surface area (Å²) in [7, 11) is 0. The van der Waals surface area contributed by atoms with E-state index in [1.807, 2.05) is 36.4 Å². The van der Waals surface area contributed by atoms with Crippen LogP contribution in [0.2, 0.25) is 0 Å². The SMILES string of the molecule is CC1(C)N=C(c2ccc3cccnc3c2)c2cccc(F)c2C1(C)C. The maximum absolute atomic E-state index is 14.8. The fourth-order valence-electron chi connectivity index (χ4n) is 3.58. The quantitative estimate of drug-likeness (QED) is 0.595. The zero-order chi connectivity index (χ0) is 17.8. The average molecular weight is 332 g/mol. The Bertz CT molecular complexity index is 1020. The first-order valence-corrected chi connectivity index (χ1v) is 8.56. The van der Waals surface area contributed by atoms with E-state index in [1.54, 1.807) is 18.3 Å². The molecule has 1 aliphatic rings. The van der Waals surface area contributed by atoms with E-state index in [0.29, 0.717) is 0 Å². The molecule has 3 aromatic rings. The van der Waals surface area contributed by atoms with Gasteiger partial charge in [-0.3, -0.25) is 9.98 Å². The molecular weight excluding hydrogens is 311 g/mol. The minimum Gasteiger partial charge on any atom is -0.277 e. The molecule has 2 aromatic carbocycles. The first-order valence-electron chi connectivity index (χ1n) is 8.56. The van der Waals surface area contributed by atoms with Crippen molar-refractivity contribution in [1.29, 1.82) is 0 Å². The van der Waals surface area contributed by atoms with E-state index in [1.165, 1.54) is 0 Å². The summed E-state index contributed by atoms with van der Waals surface area (Å²) in [5.74, 6) is -0.165. The minimum atomic E-state index is -0.420. The first kappa shape index (κ1) is 15.9. The van der Waals surface area contributed by atoms with E-state index in [4.69, 9.17) is 4.99 Å². The van der Waals surface area contributed by atoms with Gasteiger partial charge in [-0.2, -0.15) is 0 Å². The van der Waals surface area contributed by atoms with E-state index >= 15 is 0 Å². The molecule has 1 aliphatic heterocycles. The van der Waals surface area contributed by atoms with Gasteiger partial charge in [-0.05, 0) is 32.0 Å². The van der Waals surface area contributed by atoms with Gasteiger partial charge in [0.1, 0.15) is 5.82 Å². The second-order valence-electron chi connectivity index (χ2n) is 7.72. The number of hydrogen-bond acceptors (Lipinski definition) is 2. The van der Waals surface area contributed by atoms with Crippen molar-refractivity contribution in [2.75, 3.05) is 0 Å². The van der Waals surface area contributed by atoms with E-state index < -0.39 is 11.0 Å². The molecule has 0 radical (unpaired) electrons. The highest BCUT2D eigenvalue weighted by atomic mass is 19.1. The molecule has 0 N–H and O–H groups in total. The number of halogens is 1. The van der Waals surface area contributed by atoms with Crippen molar-refractivity contribution in [3.05, 3.63) is 77.2 Å². The Labute approximate surface area is 147 Å². The molecule has 0 saturated carbocycles. The molecule has 0 saturated heterocycles. The molecular formula is C22H21FN2. The van der Waals surface area contributed by atoms with E-state index in [-0.39, 0.29) is 5.82 Å². The number of aromatic nitrogens is 1. The lowest BCUT2D eigenvalue weighted by molar-refractivity contribution is 0.293. The monoisotopic (exact) mass is 332 g/mol. The van der Waals surface area contributed by atoms with Gasteiger partial charge in [0.15, 0.2) is 0 Å². The lowest BCUT2D eigenvalue weighted by Gasteiger charge is -2.44. The van der Waals surface area contributed by atoms with Crippen molar-refractivity contribution in [2.45, 2.75) is 38.6 Å². The van der Waals surface area contributed by atoms with Crippen LogP contribution in [-0.2, 0) is 5.41 Å². The molecule has 0 fully saturated rings. The molecule has 1 aromatic heterocycles. The number of benzene rings is 2. The summed E-state index contributed by atoms with van der Waals surface area (Å²) < 4.78 is 14.8. The summed E-state index contributed by atoms with van der Waals surface area (Å²) in [5.41, 5.74) is 3.53. The topological polar surface area (TPSA) is 25.2 Å². The van der Waals surface area contributed by atoms with Crippen molar-refractivity contribution >= 4 is 16.6 Å². The summed E-state index contributed by atoms with van der Waals surface area (Å²) >= 11 is 0. The zero-order valence-corrected chi connectivity index (χ0v) is 15.0. The van der Waals surface area contributed by atoms with Crippen molar-refractivity contribution < 1.29 is 4.39 Å². The summed E-state index contributed by atoms with van der Waals surface area (Å²) in [6.07, 6.45) is 1.79. The van der Waals surface area contributed by atoms with Crippen LogP contribution in [0.1, 0.15) is 44.4 Å². The van der Waals surface area contributed by atoms with Crippen molar-refractivity contribution in [3.8, 4) is 0 Å². The highest BCUT2D eigenvalue weighted by Crippen LogP contribution is 2.45. The van der Waals surface area contributed by atoms with Crippen molar-refractivity contribution in [1.82, 2.24) is 4.98 Å². The lowest BCUT2D eigenvalue weighted by atomic mass is 9.65. The van der Waals surface area contributed by atoms with Crippen LogP contribution in [0.25, 0.3) is 10.9 Å². The van der Waals surface area contributed by atoms with Crippen LogP contribution in [-0.4, -0.2) is 16.2 Å². The second kappa shape index (κ2) is 5.22. The smallest absolute Gasteiger partial charge is 0.127 e. The number of rotatable bonds is 1. The molecule has 0 spiro atoms. The summed E-state index contributed by atoms with van der Waals surface area (Å²) in [5, 5.41) is 1.08. The van der Waals surface area contributed by atoms with Gasteiger partial charge in [0.05, 0.1) is 16.8 Å². The highest BCUT2D eigenvalue weighted by molar-refractivity contribution is 6.16. The predicted molar refractivity (Wildman–Crippen MR) is 101 cm³/mol. The third-order valence-corrected chi connectivity index (χ3v) is 5.69. The Morgan fingerprint density at radius 1 is 0.920 bits per heavy atom. The Kier molecular flexibility index (Phi) is 3.33. The molecule has 0 atom stereocenters. The van der Waals surface area contributed by atoms with Crippen LogP contribution in [0.5, 0.6) is 0 Å².